The lowest BCUT2D eigenvalue weighted by Crippen LogP contribution is -2.25. The molecule has 1 unspecified atom stereocenters. The fourth-order valence-electron chi connectivity index (χ4n) is 1.61. The third kappa shape index (κ3) is 2.65. The van der Waals surface area contributed by atoms with E-state index in [-0.39, 0.29) is 12.2 Å². The van der Waals surface area contributed by atoms with Crippen molar-refractivity contribution in [3.8, 4) is 0 Å². The first kappa shape index (κ1) is 11.7. The first-order chi connectivity index (χ1) is 7.97. The lowest BCUT2D eigenvalue weighted by atomic mass is 9.92. The maximum atomic E-state index is 12.8. The molecule has 0 aliphatic carbocycles. The van der Waals surface area contributed by atoms with Crippen LogP contribution in [0.3, 0.4) is 0 Å². The Balaban J connectivity index is 2.21. The molecule has 0 aliphatic heterocycles. The van der Waals surface area contributed by atoms with Gasteiger partial charge in [0.25, 0.3) is 0 Å². The van der Waals surface area contributed by atoms with Crippen LogP contribution in [0, 0.1) is 5.82 Å². The van der Waals surface area contributed by atoms with Crippen LogP contribution < -0.4 is 0 Å². The zero-order valence-corrected chi connectivity index (χ0v) is 9.63. The summed E-state index contributed by atoms with van der Waals surface area (Å²) in [6.45, 7) is 1.64. The van der Waals surface area contributed by atoms with Crippen molar-refractivity contribution in [1.29, 1.82) is 0 Å². The highest BCUT2D eigenvalue weighted by Crippen LogP contribution is 2.23. The Labute approximate surface area is 97.9 Å². The molecule has 2 aromatic rings. The van der Waals surface area contributed by atoms with E-state index in [0.717, 1.165) is 0 Å². The summed E-state index contributed by atoms with van der Waals surface area (Å²) in [4.78, 5) is 1.33. The topological polar surface area (TPSA) is 63.8 Å². The van der Waals surface area contributed by atoms with Crippen LogP contribution in [0.1, 0.15) is 18.3 Å². The van der Waals surface area contributed by atoms with Crippen LogP contribution in [0.4, 0.5) is 4.39 Å². The molecule has 1 aromatic carbocycles. The van der Waals surface area contributed by atoms with Crippen LogP contribution in [-0.4, -0.2) is 25.3 Å². The van der Waals surface area contributed by atoms with Crippen LogP contribution in [0.25, 0.3) is 0 Å². The lowest BCUT2D eigenvalue weighted by molar-refractivity contribution is 0.0553. The highest BCUT2D eigenvalue weighted by molar-refractivity contribution is 5.23. The Morgan fingerprint density at radius 2 is 2.00 bits per heavy atom. The number of nitrogens with zero attached hydrogens (tertiary/aromatic N) is 4. The van der Waals surface area contributed by atoms with E-state index >= 15 is 0 Å². The molecule has 0 bridgehead atoms. The van der Waals surface area contributed by atoms with Crippen molar-refractivity contribution >= 4 is 0 Å². The number of benzene rings is 1. The summed E-state index contributed by atoms with van der Waals surface area (Å²) in [6, 6.07) is 5.72. The van der Waals surface area contributed by atoms with E-state index in [4.69, 9.17) is 0 Å². The van der Waals surface area contributed by atoms with Gasteiger partial charge in [-0.05, 0) is 29.8 Å². The monoisotopic (exact) mass is 236 g/mol. The Morgan fingerprint density at radius 1 is 1.35 bits per heavy atom. The molecule has 6 heteroatoms. The van der Waals surface area contributed by atoms with E-state index in [1.807, 2.05) is 0 Å². The summed E-state index contributed by atoms with van der Waals surface area (Å²) in [6.07, 6.45) is 0.229. The molecule has 0 fully saturated rings. The van der Waals surface area contributed by atoms with Crippen molar-refractivity contribution < 1.29 is 9.50 Å². The van der Waals surface area contributed by atoms with Gasteiger partial charge >= 0.3 is 0 Å². The fourth-order valence-corrected chi connectivity index (χ4v) is 1.61. The minimum atomic E-state index is -1.14. The Kier molecular flexibility index (Phi) is 2.89. The van der Waals surface area contributed by atoms with Gasteiger partial charge in [-0.1, -0.05) is 12.1 Å². The van der Waals surface area contributed by atoms with Gasteiger partial charge in [0.2, 0.25) is 0 Å². The molecule has 1 atom stereocenters. The van der Waals surface area contributed by atoms with Crippen molar-refractivity contribution in [2.24, 2.45) is 7.05 Å². The smallest absolute Gasteiger partial charge is 0.178 e. The van der Waals surface area contributed by atoms with Crippen molar-refractivity contribution in [3.05, 3.63) is 41.5 Å². The highest BCUT2D eigenvalue weighted by Gasteiger charge is 2.25. The summed E-state index contributed by atoms with van der Waals surface area (Å²) in [5.41, 5.74) is -0.525. The number of hydrogen-bond donors (Lipinski definition) is 1. The standard InChI is InChI=1S/C11H13FN4O/c1-11(17,7-10-13-15-16(2)14-10)8-3-5-9(12)6-4-8/h3-6,17H,7H2,1-2H3. The Hall–Kier alpha value is -1.82. The molecule has 1 heterocycles. The van der Waals surface area contributed by atoms with Crippen LogP contribution in [0.2, 0.25) is 0 Å². The van der Waals surface area contributed by atoms with Gasteiger partial charge in [0.05, 0.1) is 12.6 Å². The van der Waals surface area contributed by atoms with Gasteiger partial charge < -0.3 is 5.11 Å². The molecule has 0 spiro atoms. The second kappa shape index (κ2) is 4.21. The first-order valence-corrected chi connectivity index (χ1v) is 5.19. The summed E-state index contributed by atoms with van der Waals surface area (Å²) in [5, 5.41) is 21.8. The third-order valence-corrected chi connectivity index (χ3v) is 2.52. The van der Waals surface area contributed by atoms with E-state index in [0.29, 0.717) is 11.4 Å². The van der Waals surface area contributed by atoms with Crippen LogP contribution >= 0.6 is 0 Å². The van der Waals surface area contributed by atoms with Gasteiger partial charge in [-0.2, -0.15) is 4.80 Å². The van der Waals surface area contributed by atoms with Crippen LogP contribution in [-0.2, 0) is 19.1 Å². The average molecular weight is 236 g/mol. The largest absolute Gasteiger partial charge is 0.385 e. The predicted molar refractivity (Wildman–Crippen MR) is 58.5 cm³/mol. The number of tetrazole rings is 1. The molecule has 1 N–H and O–H groups in total. The molecule has 0 radical (unpaired) electrons. The number of halogens is 1. The molecular weight excluding hydrogens is 223 g/mol. The fraction of sp³-hybridized carbons (Fsp3) is 0.364. The molecular formula is C11H13FN4O. The maximum absolute atomic E-state index is 12.8. The molecule has 0 aliphatic rings. The minimum Gasteiger partial charge on any atom is -0.385 e. The Bertz CT molecular complexity index is 506. The van der Waals surface area contributed by atoms with Crippen molar-refractivity contribution in [3.63, 3.8) is 0 Å². The molecule has 0 saturated carbocycles. The summed E-state index contributed by atoms with van der Waals surface area (Å²) < 4.78 is 12.8. The summed E-state index contributed by atoms with van der Waals surface area (Å²) >= 11 is 0. The maximum Gasteiger partial charge on any atom is 0.178 e. The normalized spacial score (nSPS) is 14.6. The average Bonchev–Trinajstić information content (AvgIpc) is 2.63. The van der Waals surface area contributed by atoms with E-state index in [1.54, 1.807) is 26.1 Å². The summed E-state index contributed by atoms with van der Waals surface area (Å²) in [7, 11) is 1.66. The van der Waals surface area contributed by atoms with E-state index in [9.17, 15) is 9.50 Å². The molecule has 17 heavy (non-hydrogen) atoms. The predicted octanol–water partition coefficient (Wildman–Crippen LogP) is 0.799. The number of aliphatic hydroxyl groups is 1. The van der Waals surface area contributed by atoms with E-state index in [2.05, 4.69) is 15.4 Å². The summed E-state index contributed by atoms with van der Waals surface area (Å²) in [5.74, 6) is 0.115. The van der Waals surface area contributed by atoms with Crippen molar-refractivity contribution in [2.45, 2.75) is 18.9 Å². The van der Waals surface area contributed by atoms with E-state index in [1.165, 1.54) is 16.9 Å². The highest BCUT2D eigenvalue weighted by atomic mass is 19.1. The van der Waals surface area contributed by atoms with Gasteiger partial charge in [0.1, 0.15) is 5.82 Å². The van der Waals surface area contributed by atoms with Crippen molar-refractivity contribution in [2.75, 3.05) is 0 Å². The molecule has 90 valence electrons. The van der Waals surface area contributed by atoms with Gasteiger partial charge in [-0.15, -0.1) is 10.2 Å². The zero-order chi connectivity index (χ0) is 12.5. The number of hydrogen-bond acceptors (Lipinski definition) is 4. The number of rotatable bonds is 3. The van der Waals surface area contributed by atoms with Gasteiger partial charge in [0.15, 0.2) is 5.82 Å². The van der Waals surface area contributed by atoms with Gasteiger partial charge in [-0.3, -0.25) is 0 Å². The quantitative estimate of drug-likeness (QED) is 0.856. The minimum absolute atomic E-state index is 0.229. The molecule has 2 rings (SSSR count). The number of aryl methyl sites for hydroxylation is 1. The zero-order valence-electron chi connectivity index (χ0n) is 9.63. The number of aromatic nitrogens is 4. The SMILES string of the molecule is Cn1nnc(CC(C)(O)c2ccc(F)cc2)n1. The van der Waals surface area contributed by atoms with Crippen molar-refractivity contribution in [1.82, 2.24) is 20.2 Å². The first-order valence-electron chi connectivity index (χ1n) is 5.19. The lowest BCUT2D eigenvalue weighted by Gasteiger charge is -2.21. The second-order valence-electron chi connectivity index (χ2n) is 4.15. The van der Waals surface area contributed by atoms with Crippen LogP contribution in [0.15, 0.2) is 24.3 Å². The second-order valence-corrected chi connectivity index (χ2v) is 4.15. The molecule has 1 aromatic heterocycles. The molecule has 5 nitrogen and oxygen atoms in total. The van der Waals surface area contributed by atoms with Gasteiger partial charge in [0, 0.05) is 6.42 Å². The van der Waals surface area contributed by atoms with Crippen LogP contribution in [0.5, 0.6) is 0 Å². The van der Waals surface area contributed by atoms with E-state index < -0.39 is 5.60 Å². The van der Waals surface area contributed by atoms with Gasteiger partial charge in [-0.25, -0.2) is 4.39 Å². The molecule has 0 saturated heterocycles. The third-order valence-electron chi connectivity index (χ3n) is 2.52. The molecule has 0 amide bonds. The Morgan fingerprint density at radius 3 is 2.53 bits per heavy atom.